The minimum absolute atomic E-state index is 0.265. The topological polar surface area (TPSA) is 29.5 Å². The van der Waals surface area contributed by atoms with Crippen LogP contribution in [0.1, 0.15) is 40.0 Å². The molecule has 1 atom stereocenters. The molecule has 0 aliphatic carbocycles. The molecule has 0 saturated carbocycles. The van der Waals surface area contributed by atoms with E-state index < -0.39 is 0 Å². The number of hydrogen-bond acceptors (Lipinski definition) is 2. The van der Waals surface area contributed by atoms with Crippen LogP contribution in [0, 0.1) is 5.92 Å². The van der Waals surface area contributed by atoms with Crippen molar-refractivity contribution >= 4 is 0 Å². The smallest absolute Gasteiger partial charge is 0.0773 e. The third kappa shape index (κ3) is 8.02. The Morgan fingerprint density at radius 2 is 1.92 bits per heavy atom. The van der Waals surface area contributed by atoms with Gasteiger partial charge in [0.1, 0.15) is 0 Å². The van der Waals surface area contributed by atoms with Gasteiger partial charge in [-0.15, -0.1) is 0 Å². The van der Waals surface area contributed by atoms with Gasteiger partial charge in [-0.05, 0) is 25.2 Å². The van der Waals surface area contributed by atoms with Gasteiger partial charge >= 0.3 is 0 Å². The summed E-state index contributed by atoms with van der Waals surface area (Å²) in [6.07, 6.45) is 2.70. The molecular formula is C10H22O2. The van der Waals surface area contributed by atoms with Gasteiger partial charge in [-0.1, -0.05) is 20.8 Å². The molecule has 0 saturated heterocycles. The summed E-state index contributed by atoms with van der Waals surface area (Å²) in [7, 11) is 0. The quantitative estimate of drug-likeness (QED) is 0.600. The third-order valence-corrected chi connectivity index (χ3v) is 1.74. The van der Waals surface area contributed by atoms with E-state index in [2.05, 4.69) is 20.8 Å². The Kier molecular flexibility index (Phi) is 7.51. The zero-order valence-corrected chi connectivity index (χ0v) is 8.55. The van der Waals surface area contributed by atoms with E-state index in [9.17, 15) is 5.11 Å². The minimum atomic E-state index is -0.265. The molecule has 1 unspecified atom stereocenters. The highest BCUT2D eigenvalue weighted by atomic mass is 16.5. The van der Waals surface area contributed by atoms with Crippen LogP contribution < -0.4 is 0 Å². The van der Waals surface area contributed by atoms with Crippen molar-refractivity contribution in [3.8, 4) is 0 Å². The van der Waals surface area contributed by atoms with Crippen LogP contribution in [0.15, 0.2) is 0 Å². The number of aliphatic hydroxyl groups is 1. The van der Waals surface area contributed by atoms with Gasteiger partial charge in [0.2, 0.25) is 0 Å². The van der Waals surface area contributed by atoms with Crippen molar-refractivity contribution in [2.45, 2.75) is 46.1 Å². The van der Waals surface area contributed by atoms with E-state index in [4.69, 9.17) is 4.74 Å². The highest BCUT2D eigenvalue weighted by Gasteiger charge is 2.04. The van der Waals surface area contributed by atoms with E-state index in [0.29, 0.717) is 12.5 Å². The lowest BCUT2D eigenvalue weighted by molar-refractivity contribution is 0.0303. The Hall–Kier alpha value is -0.0800. The standard InChI is InChI=1S/C10H22O2/c1-4-7-12-8-10(11)6-5-9(2)3/h9-11H,4-8H2,1-3H3. The zero-order chi connectivity index (χ0) is 9.40. The van der Waals surface area contributed by atoms with Crippen molar-refractivity contribution < 1.29 is 9.84 Å². The lowest BCUT2D eigenvalue weighted by Crippen LogP contribution is -2.16. The molecular weight excluding hydrogens is 152 g/mol. The van der Waals surface area contributed by atoms with E-state index in [1.54, 1.807) is 0 Å². The van der Waals surface area contributed by atoms with Crippen molar-refractivity contribution in [3.05, 3.63) is 0 Å². The largest absolute Gasteiger partial charge is 0.391 e. The van der Waals surface area contributed by atoms with Crippen LogP contribution in [-0.2, 0) is 4.74 Å². The van der Waals surface area contributed by atoms with Crippen molar-refractivity contribution in [1.29, 1.82) is 0 Å². The Labute approximate surface area is 75.9 Å². The molecule has 74 valence electrons. The van der Waals surface area contributed by atoms with Gasteiger partial charge in [0.15, 0.2) is 0 Å². The molecule has 0 fully saturated rings. The lowest BCUT2D eigenvalue weighted by Gasteiger charge is -2.11. The average Bonchev–Trinajstić information content (AvgIpc) is 2.01. The van der Waals surface area contributed by atoms with Crippen molar-refractivity contribution in [2.24, 2.45) is 5.92 Å². The molecule has 2 heteroatoms. The van der Waals surface area contributed by atoms with Crippen LogP contribution in [0.4, 0.5) is 0 Å². The molecule has 2 nitrogen and oxygen atoms in total. The monoisotopic (exact) mass is 174 g/mol. The van der Waals surface area contributed by atoms with Gasteiger partial charge in [0.05, 0.1) is 12.7 Å². The molecule has 1 N–H and O–H groups in total. The molecule has 0 bridgehead atoms. The molecule has 0 rings (SSSR count). The Morgan fingerprint density at radius 3 is 2.42 bits per heavy atom. The van der Waals surface area contributed by atoms with E-state index >= 15 is 0 Å². The molecule has 0 aliphatic rings. The molecule has 12 heavy (non-hydrogen) atoms. The van der Waals surface area contributed by atoms with Crippen LogP contribution in [0.25, 0.3) is 0 Å². The highest BCUT2D eigenvalue weighted by Crippen LogP contribution is 2.06. The second-order valence-corrected chi connectivity index (χ2v) is 3.70. The summed E-state index contributed by atoms with van der Waals surface area (Å²) in [4.78, 5) is 0. The van der Waals surface area contributed by atoms with Crippen LogP contribution >= 0.6 is 0 Å². The van der Waals surface area contributed by atoms with Crippen molar-refractivity contribution in [1.82, 2.24) is 0 Å². The first-order chi connectivity index (χ1) is 5.66. The van der Waals surface area contributed by atoms with E-state index in [1.165, 1.54) is 0 Å². The van der Waals surface area contributed by atoms with Gasteiger partial charge < -0.3 is 9.84 Å². The van der Waals surface area contributed by atoms with Crippen LogP contribution in [0.5, 0.6) is 0 Å². The van der Waals surface area contributed by atoms with Gasteiger partial charge in [0.25, 0.3) is 0 Å². The second-order valence-electron chi connectivity index (χ2n) is 3.70. The first kappa shape index (κ1) is 11.9. The van der Waals surface area contributed by atoms with Crippen LogP contribution in [-0.4, -0.2) is 24.4 Å². The summed E-state index contributed by atoms with van der Waals surface area (Å²) in [6, 6.07) is 0. The molecule has 0 aromatic heterocycles. The summed E-state index contributed by atoms with van der Waals surface area (Å²) in [5.41, 5.74) is 0. The minimum Gasteiger partial charge on any atom is -0.391 e. The normalized spacial score (nSPS) is 13.8. The third-order valence-electron chi connectivity index (χ3n) is 1.74. The molecule has 0 aromatic carbocycles. The first-order valence-electron chi connectivity index (χ1n) is 4.92. The fourth-order valence-corrected chi connectivity index (χ4v) is 0.973. The Morgan fingerprint density at radius 1 is 1.25 bits per heavy atom. The van der Waals surface area contributed by atoms with Gasteiger partial charge in [-0.3, -0.25) is 0 Å². The fourth-order valence-electron chi connectivity index (χ4n) is 0.973. The van der Waals surface area contributed by atoms with Gasteiger partial charge in [0, 0.05) is 6.61 Å². The fraction of sp³-hybridized carbons (Fsp3) is 1.00. The zero-order valence-electron chi connectivity index (χ0n) is 8.55. The second kappa shape index (κ2) is 7.56. The summed E-state index contributed by atoms with van der Waals surface area (Å²) in [6.45, 7) is 7.67. The first-order valence-corrected chi connectivity index (χ1v) is 4.92. The van der Waals surface area contributed by atoms with Crippen LogP contribution in [0.3, 0.4) is 0 Å². The van der Waals surface area contributed by atoms with Gasteiger partial charge in [-0.25, -0.2) is 0 Å². The SMILES string of the molecule is CCCOCC(O)CCC(C)C. The number of aliphatic hydroxyl groups excluding tert-OH is 1. The van der Waals surface area contributed by atoms with E-state index in [0.717, 1.165) is 25.9 Å². The number of ether oxygens (including phenoxy) is 1. The predicted octanol–water partition coefficient (Wildman–Crippen LogP) is 2.21. The van der Waals surface area contributed by atoms with Crippen molar-refractivity contribution in [2.75, 3.05) is 13.2 Å². The number of rotatable bonds is 7. The lowest BCUT2D eigenvalue weighted by atomic mass is 10.1. The maximum absolute atomic E-state index is 9.40. The maximum Gasteiger partial charge on any atom is 0.0773 e. The Balaban J connectivity index is 3.15. The summed E-state index contributed by atoms with van der Waals surface area (Å²) < 4.78 is 5.23. The Bertz CT molecular complexity index is 91.8. The summed E-state index contributed by atoms with van der Waals surface area (Å²) >= 11 is 0. The molecule has 0 radical (unpaired) electrons. The molecule has 0 heterocycles. The number of hydrogen-bond donors (Lipinski definition) is 1. The van der Waals surface area contributed by atoms with Crippen LogP contribution in [0.2, 0.25) is 0 Å². The van der Waals surface area contributed by atoms with Gasteiger partial charge in [-0.2, -0.15) is 0 Å². The molecule has 0 aromatic rings. The summed E-state index contributed by atoms with van der Waals surface area (Å²) in [5, 5.41) is 9.40. The summed E-state index contributed by atoms with van der Waals surface area (Å²) in [5.74, 6) is 0.672. The molecule has 0 aliphatic heterocycles. The van der Waals surface area contributed by atoms with E-state index in [-0.39, 0.29) is 6.10 Å². The molecule has 0 amide bonds. The average molecular weight is 174 g/mol. The van der Waals surface area contributed by atoms with E-state index in [1.807, 2.05) is 0 Å². The van der Waals surface area contributed by atoms with Crippen molar-refractivity contribution in [3.63, 3.8) is 0 Å². The molecule has 0 spiro atoms. The predicted molar refractivity (Wildman–Crippen MR) is 51.2 cm³/mol. The highest BCUT2D eigenvalue weighted by molar-refractivity contribution is 4.55. The maximum atomic E-state index is 9.40.